The fourth-order valence-electron chi connectivity index (χ4n) is 2.23. The van der Waals surface area contributed by atoms with Crippen LogP contribution in [-0.2, 0) is 21.2 Å². The van der Waals surface area contributed by atoms with Crippen molar-refractivity contribution in [3.05, 3.63) is 23.8 Å². The van der Waals surface area contributed by atoms with E-state index in [0.717, 1.165) is 0 Å². The Morgan fingerprint density at radius 1 is 1.40 bits per heavy atom. The van der Waals surface area contributed by atoms with E-state index in [1.807, 2.05) is 6.92 Å². The molecule has 0 aromatic heterocycles. The number of hydrogen-bond acceptors (Lipinski definition) is 4. The first-order valence-corrected chi connectivity index (χ1v) is 8.04. The van der Waals surface area contributed by atoms with Gasteiger partial charge in [-0.25, -0.2) is 8.42 Å². The summed E-state index contributed by atoms with van der Waals surface area (Å²) in [5.74, 6) is -0.270. The lowest BCUT2D eigenvalue weighted by atomic mass is 10.1. The van der Waals surface area contributed by atoms with Gasteiger partial charge in [0.15, 0.2) is 0 Å². The summed E-state index contributed by atoms with van der Waals surface area (Å²) in [6.07, 6.45) is 1.20. The maximum Gasteiger partial charge on any atom is 0.243 e. The molecule has 1 heterocycles. The van der Waals surface area contributed by atoms with E-state index in [1.54, 1.807) is 12.1 Å². The van der Waals surface area contributed by atoms with Crippen molar-refractivity contribution in [3.8, 4) is 0 Å². The van der Waals surface area contributed by atoms with Crippen LogP contribution in [0.3, 0.4) is 0 Å². The molecule has 0 saturated carbocycles. The van der Waals surface area contributed by atoms with Gasteiger partial charge in [0.05, 0.1) is 11.4 Å². The van der Waals surface area contributed by atoms with Crippen molar-refractivity contribution < 1.29 is 13.2 Å². The molecule has 1 saturated heterocycles. The summed E-state index contributed by atoms with van der Waals surface area (Å²) in [6, 6.07) is 4.88. The van der Waals surface area contributed by atoms with Crippen molar-refractivity contribution >= 4 is 21.6 Å². The monoisotopic (exact) mass is 297 g/mol. The fourth-order valence-corrected chi connectivity index (χ4v) is 3.99. The largest absolute Gasteiger partial charge is 0.399 e. The number of carbonyl (C=O) groups excluding carboxylic acids is 1. The summed E-state index contributed by atoms with van der Waals surface area (Å²) in [5.41, 5.74) is 6.82. The molecule has 7 heteroatoms. The molecular formula is C13H19N3O3S. The van der Waals surface area contributed by atoms with Gasteiger partial charge in [0.2, 0.25) is 15.9 Å². The zero-order chi connectivity index (χ0) is 14.8. The van der Waals surface area contributed by atoms with Gasteiger partial charge in [-0.15, -0.1) is 0 Å². The van der Waals surface area contributed by atoms with Crippen LogP contribution in [0.2, 0.25) is 0 Å². The highest BCUT2D eigenvalue weighted by Crippen LogP contribution is 2.24. The van der Waals surface area contributed by atoms with Gasteiger partial charge >= 0.3 is 0 Å². The van der Waals surface area contributed by atoms with Crippen molar-refractivity contribution in [1.29, 1.82) is 0 Å². The maximum atomic E-state index is 12.7. The molecule has 0 unspecified atom stereocenters. The normalized spacial score (nSPS) is 17.6. The summed E-state index contributed by atoms with van der Waals surface area (Å²) in [6.45, 7) is 2.58. The van der Waals surface area contributed by atoms with E-state index in [9.17, 15) is 13.2 Å². The number of nitrogen functional groups attached to an aromatic ring is 1. The van der Waals surface area contributed by atoms with Crippen molar-refractivity contribution in [2.45, 2.75) is 24.7 Å². The van der Waals surface area contributed by atoms with E-state index >= 15 is 0 Å². The summed E-state index contributed by atoms with van der Waals surface area (Å²) >= 11 is 0. The lowest BCUT2D eigenvalue weighted by Gasteiger charge is -2.20. The zero-order valence-corrected chi connectivity index (χ0v) is 12.2. The number of rotatable bonds is 3. The third kappa shape index (κ3) is 2.94. The van der Waals surface area contributed by atoms with Crippen LogP contribution in [0.1, 0.15) is 18.9 Å². The van der Waals surface area contributed by atoms with Crippen molar-refractivity contribution in [2.75, 3.05) is 25.4 Å². The number of nitrogens with one attached hydrogen (secondary N) is 1. The highest BCUT2D eigenvalue weighted by Gasteiger charge is 2.29. The number of amides is 1. The predicted molar refractivity (Wildman–Crippen MR) is 76.6 cm³/mol. The molecule has 1 amide bonds. The van der Waals surface area contributed by atoms with Gasteiger partial charge in [0.1, 0.15) is 0 Å². The van der Waals surface area contributed by atoms with Gasteiger partial charge in [-0.3, -0.25) is 4.79 Å². The van der Waals surface area contributed by atoms with Crippen LogP contribution < -0.4 is 11.1 Å². The summed E-state index contributed by atoms with van der Waals surface area (Å²) in [4.78, 5) is 11.8. The van der Waals surface area contributed by atoms with Crippen molar-refractivity contribution in [3.63, 3.8) is 0 Å². The molecular weight excluding hydrogens is 278 g/mol. The lowest BCUT2D eigenvalue weighted by molar-refractivity contribution is -0.120. The minimum absolute atomic E-state index is 0.139. The van der Waals surface area contributed by atoms with Crippen LogP contribution in [0.25, 0.3) is 0 Å². The Hall–Kier alpha value is -1.60. The fraction of sp³-hybridized carbons (Fsp3) is 0.462. The quantitative estimate of drug-likeness (QED) is 0.787. The van der Waals surface area contributed by atoms with E-state index in [4.69, 9.17) is 5.73 Å². The molecule has 0 aliphatic carbocycles. The second-order valence-electron chi connectivity index (χ2n) is 4.76. The smallest absolute Gasteiger partial charge is 0.243 e. The van der Waals surface area contributed by atoms with Crippen LogP contribution in [0, 0.1) is 0 Å². The number of hydrogen-bond donors (Lipinski definition) is 2. The molecule has 2 rings (SSSR count). The lowest BCUT2D eigenvalue weighted by Crippen LogP contribution is -2.37. The van der Waals surface area contributed by atoms with Gasteiger partial charge in [0.25, 0.3) is 0 Å². The van der Waals surface area contributed by atoms with E-state index in [2.05, 4.69) is 5.32 Å². The first-order valence-electron chi connectivity index (χ1n) is 6.60. The van der Waals surface area contributed by atoms with Gasteiger partial charge in [-0.1, -0.05) is 13.0 Å². The Morgan fingerprint density at radius 2 is 2.15 bits per heavy atom. The van der Waals surface area contributed by atoms with Crippen LogP contribution >= 0.6 is 0 Å². The Labute approximate surface area is 119 Å². The number of aryl methyl sites for hydroxylation is 1. The molecule has 20 heavy (non-hydrogen) atoms. The Bertz CT molecular complexity index is 613. The molecule has 0 bridgehead atoms. The summed E-state index contributed by atoms with van der Waals surface area (Å²) in [5, 5.41) is 2.67. The number of nitrogens with two attached hydrogens (primary N) is 1. The highest BCUT2D eigenvalue weighted by molar-refractivity contribution is 7.89. The standard InChI is InChI=1S/C13H19N3O3S/c1-2-10-4-5-11(14)8-12(10)20(18,19)16-7-3-6-15-13(17)9-16/h4-5,8H,2-3,6-7,9,14H2,1H3,(H,15,17). The predicted octanol–water partition coefficient (Wildman–Crippen LogP) is 0.342. The first-order chi connectivity index (χ1) is 9.45. The van der Waals surface area contributed by atoms with E-state index < -0.39 is 10.0 Å². The minimum atomic E-state index is -3.69. The third-order valence-corrected chi connectivity index (χ3v) is 5.24. The minimum Gasteiger partial charge on any atom is -0.399 e. The molecule has 1 aliphatic heterocycles. The first kappa shape index (κ1) is 14.8. The molecule has 1 aromatic carbocycles. The molecule has 1 fully saturated rings. The second-order valence-corrected chi connectivity index (χ2v) is 6.67. The zero-order valence-electron chi connectivity index (χ0n) is 11.4. The van der Waals surface area contributed by atoms with E-state index in [0.29, 0.717) is 37.2 Å². The Morgan fingerprint density at radius 3 is 2.85 bits per heavy atom. The highest BCUT2D eigenvalue weighted by atomic mass is 32.2. The van der Waals surface area contributed by atoms with Gasteiger partial charge in [0, 0.05) is 18.8 Å². The number of sulfonamides is 1. The van der Waals surface area contributed by atoms with E-state index in [-0.39, 0.29) is 17.3 Å². The molecule has 0 atom stereocenters. The van der Waals surface area contributed by atoms with Crippen LogP contribution in [0.5, 0.6) is 0 Å². The maximum absolute atomic E-state index is 12.7. The molecule has 1 aromatic rings. The van der Waals surface area contributed by atoms with Gasteiger partial charge < -0.3 is 11.1 Å². The average molecular weight is 297 g/mol. The second kappa shape index (κ2) is 5.80. The van der Waals surface area contributed by atoms with Crippen LogP contribution in [-0.4, -0.2) is 38.3 Å². The molecule has 3 N–H and O–H groups in total. The number of anilines is 1. The molecule has 6 nitrogen and oxygen atoms in total. The summed E-state index contributed by atoms with van der Waals surface area (Å²) < 4.78 is 26.6. The average Bonchev–Trinajstić information content (AvgIpc) is 2.64. The van der Waals surface area contributed by atoms with Gasteiger partial charge in [-0.05, 0) is 30.5 Å². The third-order valence-electron chi connectivity index (χ3n) is 3.32. The molecule has 0 radical (unpaired) electrons. The molecule has 110 valence electrons. The SMILES string of the molecule is CCc1ccc(N)cc1S(=O)(=O)N1CCCNC(=O)C1. The van der Waals surface area contributed by atoms with Crippen LogP contribution in [0.15, 0.2) is 23.1 Å². The Balaban J connectivity index is 2.43. The number of nitrogens with zero attached hydrogens (tertiary/aromatic N) is 1. The Kier molecular flexibility index (Phi) is 4.29. The number of benzene rings is 1. The van der Waals surface area contributed by atoms with Crippen molar-refractivity contribution in [1.82, 2.24) is 9.62 Å². The summed E-state index contributed by atoms with van der Waals surface area (Å²) in [7, 11) is -3.69. The topological polar surface area (TPSA) is 92.5 Å². The molecule has 0 spiro atoms. The molecule has 1 aliphatic rings. The number of carbonyl (C=O) groups is 1. The van der Waals surface area contributed by atoms with E-state index in [1.165, 1.54) is 10.4 Å². The van der Waals surface area contributed by atoms with Crippen LogP contribution in [0.4, 0.5) is 5.69 Å². The van der Waals surface area contributed by atoms with Crippen molar-refractivity contribution in [2.24, 2.45) is 0 Å². The van der Waals surface area contributed by atoms with Gasteiger partial charge in [-0.2, -0.15) is 4.31 Å².